The predicted molar refractivity (Wildman–Crippen MR) is 143 cm³/mol. The van der Waals surface area contributed by atoms with Crippen molar-refractivity contribution in [3.8, 4) is 11.5 Å². The molecular formula is C30H39N3O4. The van der Waals surface area contributed by atoms with E-state index in [1.807, 2.05) is 34.1 Å². The summed E-state index contributed by atoms with van der Waals surface area (Å²) in [5.41, 5.74) is 2.26. The zero-order valence-corrected chi connectivity index (χ0v) is 22.0. The lowest BCUT2D eigenvalue weighted by Gasteiger charge is -2.40. The number of carbonyl (C=O) groups is 2. The minimum absolute atomic E-state index is 0.0949. The van der Waals surface area contributed by atoms with Crippen LogP contribution in [-0.4, -0.2) is 68.2 Å². The van der Waals surface area contributed by atoms with Crippen molar-refractivity contribution in [2.24, 2.45) is 11.8 Å². The SMILES string of the molecule is COc1ccc(CC(=O)N2CCC(C3CCN(C(=O)NC4CC4c4ccccc4)CC3)CC2)cc1OC. The molecule has 37 heavy (non-hydrogen) atoms. The number of nitrogens with one attached hydrogen (secondary N) is 1. The van der Waals surface area contributed by atoms with E-state index in [1.54, 1.807) is 14.2 Å². The van der Waals surface area contributed by atoms with Gasteiger partial charge in [0.25, 0.3) is 0 Å². The Bertz CT molecular complexity index is 1080. The lowest BCUT2D eigenvalue weighted by molar-refractivity contribution is -0.132. The number of nitrogens with zero attached hydrogens (tertiary/aromatic N) is 2. The Labute approximate surface area is 220 Å². The van der Waals surface area contributed by atoms with Crippen LogP contribution in [0.2, 0.25) is 0 Å². The standard InChI is InChI=1S/C30H39N3O4/c1-36-27-9-8-21(18-28(27)37-2)19-29(34)32-14-10-22(11-15-32)23-12-16-33(17-13-23)30(35)31-26-20-25(26)24-6-4-3-5-7-24/h3-9,18,22-23,25-26H,10-17,19-20H2,1-2H3,(H,31,35). The number of methoxy groups -OCH3 is 2. The highest BCUT2D eigenvalue weighted by Crippen LogP contribution is 2.41. The van der Waals surface area contributed by atoms with Gasteiger partial charge in [-0.05, 0) is 67.2 Å². The molecule has 2 aromatic carbocycles. The molecule has 1 saturated carbocycles. The van der Waals surface area contributed by atoms with E-state index in [1.165, 1.54) is 5.56 Å². The molecule has 0 radical (unpaired) electrons. The van der Waals surface area contributed by atoms with Gasteiger partial charge in [-0.1, -0.05) is 36.4 Å². The largest absolute Gasteiger partial charge is 0.493 e. The molecule has 7 heteroatoms. The summed E-state index contributed by atoms with van der Waals surface area (Å²) in [7, 11) is 3.22. The summed E-state index contributed by atoms with van der Waals surface area (Å²) in [5, 5.41) is 3.25. The zero-order chi connectivity index (χ0) is 25.8. The first kappa shape index (κ1) is 25.4. The number of ether oxygens (including phenoxy) is 2. The van der Waals surface area contributed by atoms with E-state index in [2.05, 4.69) is 29.6 Å². The first-order valence-corrected chi connectivity index (χ1v) is 13.6. The van der Waals surface area contributed by atoms with E-state index in [0.717, 1.165) is 63.8 Å². The van der Waals surface area contributed by atoms with Crippen LogP contribution in [0.25, 0.3) is 0 Å². The van der Waals surface area contributed by atoms with Gasteiger partial charge in [-0.2, -0.15) is 0 Å². The van der Waals surface area contributed by atoms with Crippen LogP contribution in [0.15, 0.2) is 48.5 Å². The van der Waals surface area contributed by atoms with Gasteiger partial charge in [0.05, 0.1) is 20.6 Å². The fourth-order valence-corrected chi connectivity index (χ4v) is 6.14. The quantitative estimate of drug-likeness (QED) is 0.603. The van der Waals surface area contributed by atoms with Crippen molar-refractivity contribution >= 4 is 11.9 Å². The first-order chi connectivity index (χ1) is 18.1. The molecule has 2 unspecified atom stereocenters. The van der Waals surface area contributed by atoms with Gasteiger partial charge in [0.1, 0.15) is 0 Å². The van der Waals surface area contributed by atoms with Gasteiger partial charge in [-0.25, -0.2) is 4.79 Å². The first-order valence-electron chi connectivity index (χ1n) is 13.6. The average Bonchev–Trinajstić information content (AvgIpc) is 3.72. The van der Waals surface area contributed by atoms with E-state index in [9.17, 15) is 9.59 Å². The van der Waals surface area contributed by atoms with E-state index in [-0.39, 0.29) is 18.0 Å². The maximum absolute atomic E-state index is 12.9. The molecule has 3 fully saturated rings. The normalized spacial score (nSPS) is 22.4. The second-order valence-corrected chi connectivity index (χ2v) is 10.7. The number of benzene rings is 2. The Balaban J connectivity index is 1.03. The highest BCUT2D eigenvalue weighted by Gasteiger charge is 2.40. The minimum Gasteiger partial charge on any atom is -0.493 e. The fourth-order valence-electron chi connectivity index (χ4n) is 6.14. The van der Waals surface area contributed by atoms with E-state index in [4.69, 9.17) is 9.47 Å². The molecule has 7 nitrogen and oxygen atoms in total. The number of hydrogen-bond donors (Lipinski definition) is 1. The third kappa shape index (κ3) is 6.03. The van der Waals surface area contributed by atoms with Gasteiger partial charge in [0.2, 0.25) is 5.91 Å². The van der Waals surface area contributed by atoms with Crippen molar-refractivity contribution in [1.82, 2.24) is 15.1 Å². The summed E-state index contributed by atoms with van der Waals surface area (Å²) in [6, 6.07) is 16.5. The van der Waals surface area contributed by atoms with Crippen LogP contribution < -0.4 is 14.8 Å². The smallest absolute Gasteiger partial charge is 0.317 e. The van der Waals surface area contributed by atoms with Crippen molar-refractivity contribution < 1.29 is 19.1 Å². The molecule has 3 amide bonds. The molecule has 1 aliphatic carbocycles. The van der Waals surface area contributed by atoms with E-state index in [0.29, 0.717) is 35.7 Å². The topological polar surface area (TPSA) is 71.1 Å². The molecule has 2 atom stereocenters. The Morgan fingerprint density at radius 2 is 1.46 bits per heavy atom. The Kier molecular flexibility index (Phi) is 7.87. The number of rotatable bonds is 7. The van der Waals surface area contributed by atoms with Crippen LogP contribution in [0.4, 0.5) is 4.79 Å². The third-order valence-corrected chi connectivity index (χ3v) is 8.52. The van der Waals surface area contributed by atoms with Crippen LogP contribution in [0.5, 0.6) is 11.5 Å². The lowest BCUT2D eigenvalue weighted by atomic mass is 9.79. The highest BCUT2D eigenvalue weighted by atomic mass is 16.5. The molecule has 1 N–H and O–H groups in total. The van der Waals surface area contributed by atoms with Gasteiger partial charge in [-0.3, -0.25) is 4.79 Å². The molecule has 0 bridgehead atoms. The van der Waals surface area contributed by atoms with Gasteiger partial charge in [-0.15, -0.1) is 0 Å². The van der Waals surface area contributed by atoms with Crippen molar-refractivity contribution in [1.29, 1.82) is 0 Å². The molecule has 0 aromatic heterocycles. The van der Waals surface area contributed by atoms with Gasteiger partial charge >= 0.3 is 6.03 Å². The summed E-state index contributed by atoms with van der Waals surface area (Å²) in [6.45, 7) is 3.30. The van der Waals surface area contributed by atoms with E-state index >= 15 is 0 Å². The Morgan fingerprint density at radius 1 is 0.838 bits per heavy atom. The van der Waals surface area contributed by atoms with Crippen LogP contribution >= 0.6 is 0 Å². The minimum atomic E-state index is 0.0949. The Hall–Kier alpha value is -3.22. The van der Waals surface area contributed by atoms with Crippen molar-refractivity contribution in [3.63, 3.8) is 0 Å². The van der Waals surface area contributed by atoms with Gasteiger partial charge in [0, 0.05) is 38.1 Å². The summed E-state index contributed by atoms with van der Waals surface area (Å²) in [5.74, 6) is 3.24. The molecular weight excluding hydrogens is 466 g/mol. The molecule has 0 spiro atoms. The monoisotopic (exact) mass is 505 g/mol. The number of hydrogen-bond acceptors (Lipinski definition) is 4. The van der Waals surface area contributed by atoms with E-state index < -0.39 is 0 Å². The van der Waals surface area contributed by atoms with Crippen molar-refractivity contribution in [2.75, 3.05) is 40.4 Å². The van der Waals surface area contributed by atoms with Crippen LogP contribution in [0.1, 0.15) is 49.1 Å². The second kappa shape index (κ2) is 11.4. The molecule has 5 rings (SSSR count). The molecule has 3 aliphatic rings. The Morgan fingerprint density at radius 3 is 2.08 bits per heavy atom. The summed E-state index contributed by atoms with van der Waals surface area (Å²) in [4.78, 5) is 29.7. The molecule has 2 aliphatic heterocycles. The van der Waals surface area contributed by atoms with Crippen LogP contribution in [0.3, 0.4) is 0 Å². The van der Waals surface area contributed by atoms with Crippen molar-refractivity contribution in [2.45, 2.75) is 50.5 Å². The molecule has 2 heterocycles. The second-order valence-electron chi connectivity index (χ2n) is 10.7. The maximum atomic E-state index is 12.9. The number of urea groups is 1. The van der Waals surface area contributed by atoms with Crippen LogP contribution in [0, 0.1) is 11.8 Å². The predicted octanol–water partition coefficient (Wildman–Crippen LogP) is 4.46. The number of carbonyl (C=O) groups excluding carboxylic acids is 2. The zero-order valence-electron chi connectivity index (χ0n) is 22.0. The highest BCUT2D eigenvalue weighted by molar-refractivity contribution is 5.79. The maximum Gasteiger partial charge on any atom is 0.317 e. The van der Waals surface area contributed by atoms with Gasteiger partial charge in [0.15, 0.2) is 11.5 Å². The number of amides is 3. The molecule has 198 valence electrons. The average molecular weight is 506 g/mol. The number of likely N-dealkylation sites (tertiary alicyclic amines) is 2. The molecule has 2 aromatic rings. The fraction of sp³-hybridized carbons (Fsp3) is 0.533. The lowest BCUT2D eigenvalue weighted by Crippen LogP contribution is -2.47. The van der Waals surface area contributed by atoms with Crippen molar-refractivity contribution in [3.05, 3.63) is 59.7 Å². The molecule has 2 saturated heterocycles. The number of piperidine rings is 2. The summed E-state index contributed by atoms with van der Waals surface area (Å²) < 4.78 is 10.7. The summed E-state index contributed by atoms with van der Waals surface area (Å²) in [6.07, 6.45) is 5.64. The summed E-state index contributed by atoms with van der Waals surface area (Å²) >= 11 is 0. The van der Waals surface area contributed by atoms with Gasteiger partial charge < -0.3 is 24.6 Å². The third-order valence-electron chi connectivity index (χ3n) is 8.52. The van der Waals surface area contributed by atoms with Crippen LogP contribution in [-0.2, 0) is 11.2 Å².